The van der Waals surface area contributed by atoms with Gasteiger partial charge in [-0.1, -0.05) is 170 Å². The summed E-state index contributed by atoms with van der Waals surface area (Å²) in [6.07, 6.45) is 11.5. The van der Waals surface area contributed by atoms with Crippen LogP contribution in [0.1, 0.15) is 124 Å². The van der Waals surface area contributed by atoms with Crippen LogP contribution in [0.4, 0.5) is 0 Å². The lowest BCUT2D eigenvalue weighted by atomic mass is 10.1. The molecule has 94 heavy (non-hydrogen) atoms. The quantitative estimate of drug-likeness (QED) is 0.0664. The molecule has 17 aromatic rings. The molecule has 0 aliphatic heterocycles. The lowest BCUT2D eigenvalue weighted by molar-refractivity contribution is 0.467. The first-order valence-electron chi connectivity index (χ1n) is 32.4. The third-order valence-corrected chi connectivity index (χ3v) is 17.3. The van der Waals surface area contributed by atoms with E-state index in [4.69, 9.17) is 11.6 Å². The molecule has 0 saturated carbocycles. The van der Waals surface area contributed by atoms with Gasteiger partial charge in [0.15, 0.2) is 0 Å². The van der Waals surface area contributed by atoms with Crippen LogP contribution >= 0.6 is 20.3 Å². The van der Waals surface area contributed by atoms with Crippen molar-refractivity contribution >= 4 is 64.4 Å². The van der Waals surface area contributed by atoms with Gasteiger partial charge in [-0.15, -0.1) is 56.2 Å². The minimum Gasteiger partial charge on any atom is -0.505 e. The molecule has 0 radical (unpaired) electrons. The van der Waals surface area contributed by atoms with Crippen molar-refractivity contribution in [1.29, 1.82) is 0 Å². The first kappa shape index (κ1) is 65.5. The minimum atomic E-state index is -0.305. The smallest absolute Gasteiger partial charge is 0.395 e. The highest BCUT2D eigenvalue weighted by Crippen LogP contribution is 2.38. The first-order chi connectivity index (χ1) is 45.5. The Kier molecular flexibility index (Phi) is 19.3. The number of aryl methyl sites for hydroxylation is 8. The molecule has 0 unspecified atom stereocenters. The number of nitrogens with zero attached hydrogens (tertiary/aromatic N) is 12. The number of benzene rings is 9. The molecular formula is C74H84ClN12O6P. The number of para-hydroxylation sites is 7. The van der Waals surface area contributed by atoms with Crippen molar-refractivity contribution in [3.8, 4) is 51.5 Å². The maximum atomic E-state index is 10.2. The summed E-state index contributed by atoms with van der Waals surface area (Å²) in [4.78, 5) is 7.90. The molecule has 20 heteroatoms. The fourth-order valence-electron chi connectivity index (χ4n) is 12.1. The zero-order valence-corrected chi connectivity index (χ0v) is 57.3. The number of aromatic nitrogens is 12. The molecule has 18 nitrogen and oxygen atoms in total. The largest absolute Gasteiger partial charge is 0.505 e. The average Bonchev–Trinajstić information content (AvgIpc) is 1.54. The number of phenolic OH excluding ortho intramolecular Hbond substituents is 4. The summed E-state index contributed by atoms with van der Waals surface area (Å²) in [7, 11) is -0.305. The molecule has 0 fully saturated rings. The zero-order chi connectivity index (χ0) is 66.8. The summed E-state index contributed by atoms with van der Waals surface area (Å²) in [5.74, 6) is 1.98. The van der Waals surface area contributed by atoms with Crippen LogP contribution in [0, 0.1) is 55.4 Å². The number of hydrogen-bond acceptors (Lipinski definition) is 6. The Hall–Kier alpha value is -10.0. The maximum absolute atomic E-state index is 10.2. The minimum absolute atomic E-state index is 0.305. The second-order valence-electron chi connectivity index (χ2n) is 24.0. The van der Waals surface area contributed by atoms with Gasteiger partial charge in [0, 0.05) is 5.02 Å². The molecule has 0 atom stereocenters. The molecule has 0 amide bonds. The Morgan fingerprint density at radius 2 is 0.596 bits per heavy atom. The molecule has 488 valence electrons. The topological polar surface area (TPSA) is 162 Å². The second kappa shape index (κ2) is 27.7. The van der Waals surface area contributed by atoms with E-state index in [0.717, 1.165) is 83.3 Å². The molecule has 8 aromatic heterocycles. The van der Waals surface area contributed by atoms with Gasteiger partial charge in [0.1, 0.15) is 95.6 Å². The molecule has 0 aliphatic carbocycles. The predicted octanol–water partition coefficient (Wildman–Crippen LogP) is 19.1. The van der Waals surface area contributed by atoms with E-state index in [0.29, 0.717) is 28.7 Å². The van der Waals surface area contributed by atoms with E-state index in [1.807, 2.05) is 247 Å². The Morgan fingerprint density at radius 3 is 0.872 bits per heavy atom. The van der Waals surface area contributed by atoms with E-state index in [2.05, 4.69) is 54.8 Å². The highest BCUT2D eigenvalue weighted by molar-refractivity contribution is 7.17. The first-order valence-corrected chi connectivity index (χ1v) is 33.5. The summed E-state index contributed by atoms with van der Waals surface area (Å²) in [6.45, 7) is 24.4. The molecule has 0 spiro atoms. The number of halogens is 1. The standard InChI is InChI=1S/C14H12ClN3O.3C14H13N3O.C10H22.C6H5O2P.C2H6/c1-8-5-9(2)14(19)13(6-8)18-16-11-4-3-10(15)7-12(11)17(16)18;3*1-9-7-10(2)14(18)13(8-9)17-15-11-5-3-4-6-12(11)16(15)17;1-3-5-7-9-10-8-6-4-2;7-9-8-6-4-2-1-3-5-6;1-2/h3-7,19H,1-2H3;3*3-8,18H,1-2H3;3-10H2,1-2H3;1-5H;1-2H3. The Bertz CT molecular complexity index is 4790. The van der Waals surface area contributed by atoms with Crippen LogP contribution in [0.25, 0.3) is 66.9 Å². The van der Waals surface area contributed by atoms with E-state index in [1.54, 1.807) is 12.1 Å². The Labute approximate surface area is 552 Å². The number of hydrogen-bond donors (Lipinski definition) is 4. The lowest BCUT2D eigenvalue weighted by Gasteiger charge is -2.04. The molecular weight excluding hydrogens is 1220 g/mol. The van der Waals surface area contributed by atoms with Crippen molar-refractivity contribution in [2.75, 3.05) is 0 Å². The second-order valence-corrected chi connectivity index (χ2v) is 24.7. The lowest BCUT2D eigenvalue weighted by Crippen LogP contribution is -1.90. The average molecular weight is 1300 g/mol. The summed E-state index contributed by atoms with van der Waals surface area (Å²) in [5.41, 5.74) is 20.7. The van der Waals surface area contributed by atoms with Crippen LogP contribution in [0.3, 0.4) is 0 Å². The Morgan fingerprint density at radius 1 is 0.340 bits per heavy atom. The molecule has 0 saturated heterocycles. The number of aromatic hydroxyl groups is 4. The predicted molar refractivity (Wildman–Crippen MR) is 379 cm³/mol. The zero-order valence-electron chi connectivity index (χ0n) is 55.6. The number of unbranched alkanes of at least 4 members (excludes halogenated alkanes) is 7. The van der Waals surface area contributed by atoms with Crippen molar-refractivity contribution in [3.63, 3.8) is 0 Å². The summed E-state index contributed by atoms with van der Waals surface area (Å²) in [5, 5.41) is 41.5. The van der Waals surface area contributed by atoms with Gasteiger partial charge in [0.05, 0.1) is 0 Å². The van der Waals surface area contributed by atoms with E-state index >= 15 is 0 Å². The van der Waals surface area contributed by atoms with Crippen molar-refractivity contribution < 1.29 is 29.5 Å². The van der Waals surface area contributed by atoms with Crippen LogP contribution < -0.4 is 4.52 Å². The van der Waals surface area contributed by atoms with E-state index < -0.39 is 0 Å². The third-order valence-electron chi connectivity index (χ3n) is 16.7. The SMILES string of the molecule is CC.CCCCCCCCCC.Cc1cc(C)c(O)c(-n2n3c4ccc(Cl)cc4n23)c1.Cc1cc(C)c(O)c(-n2n3c4ccccc4n23)c1.Cc1cc(C)c(O)c(-n2n3c4ccccc4n23)c1.Cc1cc(C)c(O)c(-n2n3c4ccccc4n23)c1.O=POc1ccccc1. The molecule has 4 N–H and O–H groups in total. The van der Waals surface area contributed by atoms with Crippen LogP contribution in [-0.2, 0) is 4.57 Å². The Balaban J connectivity index is 0.000000117. The summed E-state index contributed by atoms with van der Waals surface area (Å²) < 4.78 is 30.7. The van der Waals surface area contributed by atoms with Crippen LogP contribution in [0.5, 0.6) is 28.7 Å². The molecule has 0 bridgehead atoms. The fraction of sp³-hybridized carbons (Fsp3) is 0.270. The van der Waals surface area contributed by atoms with Gasteiger partial charge in [-0.3, -0.25) is 0 Å². The molecule has 0 aliphatic rings. The molecule has 8 heterocycles. The van der Waals surface area contributed by atoms with Gasteiger partial charge in [-0.25, -0.2) is 4.57 Å². The highest BCUT2D eigenvalue weighted by Gasteiger charge is 2.30. The van der Waals surface area contributed by atoms with Crippen LogP contribution in [-0.4, -0.2) is 76.7 Å². The highest BCUT2D eigenvalue weighted by atomic mass is 35.5. The normalized spacial score (nSPS) is 11.5. The third kappa shape index (κ3) is 12.7. The van der Waals surface area contributed by atoms with Crippen molar-refractivity contribution in [3.05, 3.63) is 219 Å². The summed E-state index contributed by atoms with van der Waals surface area (Å²) in [6, 6.07) is 55.3. The van der Waals surface area contributed by atoms with Gasteiger partial charge in [-0.05, 0) is 191 Å². The summed E-state index contributed by atoms with van der Waals surface area (Å²) >= 11 is 6.00. The monoisotopic (exact) mass is 1300 g/mol. The number of phenols is 4. The van der Waals surface area contributed by atoms with Crippen molar-refractivity contribution in [2.45, 2.75) is 134 Å². The van der Waals surface area contributed by atoms with Crippen molar-refractivity contribution in [1.82, 2.24) is 56.2 Å². The van der Waals surface area contributed by atoms with E-state index in [9.17, 15) is 25.0 Å². The molecule has 9 aromatic carbocycles. The van der Waals surface area contributed by atoms with E-state index in [1.165, 1.54) is 84.5 Å². The van der Waals surface area contributed by atoms with Crippen molar-refractivity contribution in [2.24, 2.45) is 0 Å². The number of fused-ring (bicyclic) bond motifs is 16. The van der Waals surface area contributed by atoms with Crippen LogP contribution in [0.2, 0.25) is 5.02 Å². The van der Waals surface area contributed by atoms with Gasteiger partial charge in [0.25, 0.3) is 0 Å². The molecule has 17 rings (SSSR count). The van der Waals surface area contributed by atoms with Gasteiger partial charge in [-0.2, -0.15) is 0 Å². The fourth-order valence-corrected chi connectivity index (χ4v) is 12.5. The van der Waals surface area contributed by atoms with Crippen LogP contribution in [0.15, 0.2) is 170 Å². The van der Waals surface area contributed by atoms with E-state index in [-0.39, 0.29) is 8.69 Å². The van der Waals surface area contributed by atoms with Gasteiger partial charge < -0.3 is 24.9 Å². The van der Waals surface area contributed by atoms with Gasteiger partial charge in [0.2, 0.25) is 0 Å². The maximum Gasteiger partial charge on any atom is 0.395 e. The van der Waals surface area contributed by atoms with Gasteiger partial charge >= 0.3 is 8.69 Å². The number of rotatable bonds is 13.